The minimum atomic E-state index is -4.36. The molecule has 1 heterocycles. The predicted octanol–water partition coefficient (Wildman–Crippen LogP) is 4.20. The smallest absolute Gasteiger partial charge is 0.416 e. The summed E-state index contributed by atoms with van der Waals surface area (Å²) in [6.07, 6.45) is -4.01. The van der Waals surface area contributed by atoms with Gasteiger partial charge in [-0.25, -0.2) is 4.79 Å². The molecule has 3 rings (SSSR count). The second-order valence-corrected chi connectivity index (χ2v) is 6.08. The fraction of sp³-hybridized carbons (Fsp3) is 0.200. The van der Waals surface area contributed by atoms with Gasteiger partial charge in [0.25, 0.3) is 0 Å². The molecule has 0 bridgehead atoms. The molecule has 0 spiro atoms. The first-order valence-electron chi connectivity index (χ1n) is 8.36. The van der Waals surface area contributed by atoms with Crippen LogP contribution in [0.15, 0.2) is 53.1 Å². The first-order valence-corrected chi connectivity index (χ1v) is 8.36. The second-order valence-electron chi connectivity index (χ2n) is 6.08. The van der Waals surface area contributed by atoms with Gasteiger partial charge in [0.05, 0.1) is 12.7 Å². The van der Waals surface area contributed by atoms with E-state index in [1.165, 1.54) is 19.2 Å². The summed E-state index contributed by atoms with van der Waals surface area (Å²) < 4.78 is 47.8. The number of ether oxygens (including phenoxy) is 1. The zero-order valence-electron chi connectivity index (χ0n) is 14.9. The van der Waals surface area contributed by atoms with Crippen molar-refractivity contribution in [2.75, 3.05) is 7.11 Å². The SMILES string of the molecule is COC(=O)c1onc(CN)c1Cc1ccc(-c2ccc(C(F)(F)F)cc2)cc1. The second kappa shape index (κ2) is 7.85. The lowest BCUT2D eigenvalue weighted by Gasteiger charge is -2.08. The molecule has 0 saturated heterocycles. The summed E-state index contributed by atoms with van der Waals surface area (Å²) >= 11 is 0. The number of nitrogens with two attached hydrogens (primary N) is 1. The van der Waals surface area contributed by atoms with Crippen LogP contribution in [-0.4, -0.2) is 18.2 Å². The van der Waals surface area contributed by atoms with E-state index >= 15 is 0 Å². The van der Waals surface area contributed by atoms with Crippen LogP contribution < -0.4 is 5.73 Å². The summed E-state index contributed by atoms with van der Waals surface area (Å²) in [6.45, 7) is 0.111. The number of alkyl halides is 3. The Kier molecular flexibility index (Phi) is 5.51. The highest BCUT2D eigenvalue weighted by atomic mass is 19.4. The van der Waals surface area contributed by atoms with Gasteiger partial charge in [0.1, 0.15) is 5.69 Å². The van der Waals surface area contributed by atoms with Crippen LogP contribution in [0.3, 0.4) is 0 Å². The van der Waals surface area contributed by atoms with E-state index < -0.39 is 17.7 Å². The third kappa shape index (κ3) is 4.07. The summed E-state index contributed by atoms with van der Waals surface area (Å²) in [5.74, 6) is -0.627. The Hall–Kier alpha value is -3.13. The number of nitrogens with zero attached hydrogens (tertiary/aromatic N) is 1. The van der Waals surface area contributed by atoms with Gasteiger partial charge < -0.3 is 15.0 Å². The van der Waals surface area contributed by atoms with Crippen LogP contribution in [-0.2, 0) is 23.9 Å². The minimum Gasteiger partial charge on any atom is -0.463 e. The molecule has 5 nitrogen and oxygen atoms in total. The molecule has 146 valence electrons. The molecule has 8 heteroatoms. The van der Waals surface area contributed by atoms with Crippen molar-refractivity contribution in [1.29, 1.82) is 0 Å². The van der Waals surface area contributed by atoms with Crippen molar-refractivity contribution in [2.24, 2.45) is 5.73 Å². The van der Waals surface area contributed by atoms with Crippen LogP contribution in [0.25, 0.3) is 11.1 Å². The molecule has 0 radical (unpaired) electrons. The van der Waals surface area contributed by atoms with Crippen molar-refractivity contribution < 1.29 is 27.2 Å². The number of methoxy groups -OCH3 is 1. The molecule has 3 aromatic rings. The van der Waals surface area contributed by atoms with Crippen molar-refractivity contribution in [3.8, 4) is 11.1 Å². The third-order valence-electron chi connectivity index (χ3n) is 4.31. The molecule has 0 aliphatic carbocycles. The molecule has 1 aromatic heterocycles. The summed E-state index contributed by atoms with van der Waals surface area (Å²) in [7, 11) is 1.25. The highest BCUT2D eigenvalue weighted by molar-refractivity contribution is 5.88. The van der Waals surface area contributed by atoms with Crippen LogP contribution in [0.2, 0.25) is 0 Å². The molecule has 2 aromatic carbocycles. The minimum absolute atomic E-state index is 0.00904. The lowest BCUT2D eigenvalue weighted by molar-refractivity contribution is -0.137. The van der Waals surface area contributed by atoms with Crippen LogP contribution in [0.4, 0.5) is 13.2 Å². The lowest BCUT2D eigenvalue weighted by Crippen LogP contribution is -2.07. The van der Waals surface area contributed by atoms with Gasteiger partial charge in [-0.05, 0) is 28.8 Å². The van der Waals surface area contributed by atoms with E-state index in [4.69, 9.17) is 10.3 Å². The van der Waals surface area contributed by atoms with E-state index in [-0.39, 0.29) is 12.3 Å². The number of halogens is 3. The van der Waals surface area contributed by atoms with E-state index in [0.717, 1.165) is 23.3 Å². The number of hydrogen-bond acceptors (Lipinski definition) is 5. The van der Waals surface area contributed by atoms with Crippen LogP contribution in [0.1, 0.15) is 32.9 Å². The van der Waals surface area contributed by atoms with Gasteiger partial charge in [0, 0.05) is 18.5 Å². The lowest BCUT2D eigenvalue weighted by atomic mass is 9.98. The standard InChI is InChI=1S/C20H17F3N2O3/c1-27-19(26)18-16(17(11-24)25-28-18)10-12-2-4-13(5-3-12)14-6-8-15(9-7-14)20(21,22)23/h2-9H,10-11,24H2,1H3. The van der Waals surface area contributed by atoms with E-state index in [9.17, 15) is 18.0 Å². The van der Waals surface area contributed by atoms with Gasteiger partial charge >= 0.3 is 12.1 Å². The number of benzene rings is 2. The van der Waals surface area contributed by atoms with Crippen LogP contribution in [0.5, 0.6) is 0 Å². The summed E-state index contributed by atoms with van der Waals surface area (Å²) in [5, 5.41) is 3.80. The monoisotopic (exact) mass is 390 g/mol. The van der Waals surface area contributed by atoms with Gasteiger partial charge in [-0.2, -0.15) is 13.2 Å². The van der Waals surface area contributed by atoms with E-state index in [1.807, 2.05) is 12.1 Å². The maximum atomic E-state index is 12.7. The first-order chi connectivity index (χ1) is 13.3. The number of aromatic nitrogens is 1. The predicted molar refractivity (Wildman–Crippen MR) is 95.4 cm³/mol. The molecule has 0 fully saturated rings. The average molecular weight is 390 g/mol. The summed E-state index contributed by atoms with van der Waals surface area (Å²) in [6, 6.07) is 12.2. The molecule has 0 saturated carbocycles. The van der Waals surface area contributed by atoms with Crippen molar-refractivity contribution in [3.05, 3.63) is 76.7 Å². The maximum absolute atomic E-state index is 12.7. The van der Waals surface area contributed by atoms with Gasteiger partial charge in [0.15, 0.2) is 0 Å². The van der Waals surface area contributed by atoms with Crippen molar-refractivity contribution in [2.45, 2.75) is 19.1 Å². The number of carbonyl (C=O) groups excluding carboxylic acids is 1. The number of rotatable bonds is 5. The maximum Gasteiger partial charge on any atom is 0.416 e. The molecule has 28 heavy (non-hydrogen) atoms. The average Bonchev–Trinajstić information content (AvgIpc) is 3.10. The Morgan fingerprint density at radius 3 is 2.14 bits per heavy atom. The zero-order valence-corrected chi connectivity index (χ0v) is 14.9. The molecular formula is C20H17F3N2O3. The summed E-state index contributed by atoms with van der Waals surface area (Å²) in [5.41, 5.74) is 8.28. The van der Waals surface area contributed by atoms with Crippen LogP contribution >= 0.6 is 0 Å². The molecular weight excluding hydrogens is 373 g/mol. The molecule has 0 aliphatic rings. The van der Waals surface area contributed by atoms with E-state index in [1.54, 1.807) is 12.1 Å². The molecule has 0 atom stereocenters. The van der Waals surface area contributed by atoms with Crippen molar-refractivity contribution in [1.82, 2.24) is 5.16 Å². The van der Waals surface area contributed by atoms with Gasteiger partial charge in [0.2, 0.25) is 5.76 Å². The van der Waals surface area contributed by atoms with E-state index in [2.05, 4.69) is 9.89 Å². The Balaban J connectivity index is 1.82. The van der Waals surface area contributed by atoms with E-state index in [0.29, 0.717) is 23.2 Å². The van der Waals surface area contributed by atoms with Crippen molar-refractivity contribution >= 4 is 5.97 Å². The Labute approximate surface area is 158 Å². The highest BCUT2D eigenvalue weighted by Crippen LogP contribution is 2.31. The fourth-order valence-corrected chi connectivity index (χ4v) is 2.81. The molecule has 0 unspecified atom stereocenters. The number of carbonyl (C=O) groups is 1. The van der Waals surface area contributed by atoms with Crippen LogP contribution in [0, 0.1) is 0 Å². The van der Waals surface area contributed by atoms with Gasteiger partial charge in [-0.15, -0.1) is 0 Å². The first kappa shape index (κ1) is 19.6. The molecule has 2 N–H and O–H groups in total. The quantitative estimate of drug-likeness (QED) is 0.661. The number of esters is 1. The van der Waals surface area contributed by atoms with Crippen molar-refractivity contribution in [3.63, 3.8) is 0 Å². The Bertz CT molecular complexity index is 962. The number of hydrogen-bond donors (Lipinski definition) is 1. The Morgan fingerprint density at radius 2 is 1.64 bits per heavy atom. The normalized spacial score (nSPS) is 11.5. The highest BCUT2D eigenvalue weighted by Gasteiger charge is 2.30. The fourth-order valence-electron chi connectivity index (χ4n) is 2.81. The molecule has 0 amide bonds. The Morgan fingerprint density at radius 1 is 1.07 bits per heavy atom. The zero-order chi connectivity index (χ0) is 20.3. The summed E-state index contributed by atoms with van der Waals surface area (Å²) in [4.78, 5) is 11.8. The van der Waals surface area contributed by atoms with Gasteiger partial charge in [-0.3, -0.25) is 0 Å². The molecule has 0 aliphatic heterocycles. The van der Waals surface area contributed by atoms with Gasteiger partial charge in [-0.1, -0.05) is 41.6 Å². The topological polar surface area (TPSA) is 78.3 Å². The third-order valence-corrected chi connectivity index (χ3v) is 4.31. The largest absolute Gasteiger partial charge is 0.463 e.